The molecule has 0 nitrogen and oxygen atoms in total. The third kappa shape index (κ3) is 1.97. The van der Waals surface area contributed by atoms with Crippen LogP contribution in [0, 0.1) is 0 Å². The average Bonchev–Trinajstić information content (AvgIpc) is 1.90. The van der Waals surface area contributed by atoms with Crippen LogP contribution in [0.4, 0.5) is 0 Å². The van der Waals surface area contributed by atoms with Crippen LogP contribution in [0.5, 0.6) is 0 Å². The predicted molar refractivity (Wildman–Crippen MR) is 45.4 cm³/mol. The molecule has 1 heteroatoms. The van der Waals surface area contributed by atoms with Crippen molar-refractivity contribution in [2.45, 2.75) is 38.8 Å². The lowest BCUT2D eigenvalue weighted by Gasteiger charge is -2.14. The van der Waals surface area contributed by atoms with E-state index in [1.807, 2.05) is 5.20 Å². The second-order valence-electron chi connectivity index (χ2n) is 3.18. The van der Waals surface area contributed by atoms with E-state index in [9.17, 15) is 0 Å². The van der Waals surface area contributed by atoms with E-state index >= 15 is 0 Å². The van der Waals surface area contributed by atoms with Crippen molar-refractivity contribution in [2.75, 3.05) is 0 Å². The Morgan fingerprint density at radius 3 is 2.44 bits per heavy atom. The van der Waals surface area contributed by atoms with Crippen molar-refractivity contribution in [1.29, 1.82) is 0 Å². The van der Waals surface area contributed by atoms with Crippen LogP contribution in [0.25, 0.3) is 0 Å². The van der Waals surface area contributed by atoms with Gasteiger partial charge in [0.1, 0.15) is 0 Å². The van der Waals surface area contributed by atoms with Gasteiger partial charge < -0.3 is 0 Å². The third-order valence-corrected chi connectivity index (χ3v) is 4.08. The van der Waals surface area contributed by atoms with E-state index in [0.717, 1.165) is 0 Å². The molecule has 0 radical (unpaired) electrons. The molecule has 0 saturated heterocycles. The number of hydrogen-bond donors (Lipinski definition) is 0. The molecule has 1 aliphatic carbocycles. The lowest BCUT2D eigenvalue weighted by molar-refractivity contribution is 0.719. The summed E-state index contributed by atoms with van der Waals surface area (Å²) in [6.45, 7) is 4.86. The molecule has 9 heavy (non-hydrogen) atoms. The van der Waals surface area contributed by atoms with Gasteiger partial charge >= 0.3 is 0 Å². The fourth-order valence-electron chi connectivity index (χ4n) is 1.39. The molecule has 0 saturated carbocycles. The minimum Gasteiger partial charge on any atom is -0.0895 e. The lowest BCUT2D eigenvalue weighted by atomic mass is 10.1. The molecule has 1 aliphatic rings. The van der Waals surface area contributed by atoms with Crippen LogP contribution in [-0.2, 0) is 0 Å². The van der Waals surface area contributed by atoms with Gasteiger partial charge in [0.2, 0.25) is 0 Å². The van der Waals surface area contributed by atoms with E-state index in [1.54, 1.807) is 0 Å². The molecular weight excluding hydrogens is 124 g/mol. The SMILES string of the molecule is C[SiH](C)C1=CCCCC1. The van der Waals surface area contributed by atoms with Crippen molar-refractivity contribution < 1.29 is 0 Å². The summed E-state index contributed by atoms with van der Waals surface area (Å²) in [4.78, 5) is 0. The molecule has 0 atom stereocenters. The van der Waals surface area contributed by atoms with Crippen molar-refractivity contribution in [3.8, 4) is 0 Å². The van der Waals surface area contributed by atoms with Gasteiger partial charge in [0.05, 0.1) is 8.80 Å². The summed E-state index contributed by atoms with van der Waals surface area (Å²) in [6, 6.07) is 0. The largest absolute Gasteiger partial charge is 0.0895 e. The minimum absolute atomic E-state index is 0.391. The van der Waals surface area contributed by atoms with Crippen molar-refractivity contribution in [1.82, 2.24) is 0 Å². The quantitative estimate of drug-likeness (QED) is 0.491. The van der Waals surface area contributed by atoms with Gasteiger partial charge in [0.25, 0.3) is 0 Å². The van der Waals surface area contributed by atoms with E-state index in [0.29, 0.717) is 0 Å². The highest BCUT2D eigenvalue weighted by molar-refractivity contribution is 6.63. The van der Waals surface area contributed by atoms with Gasteiger partial charge in [0, 0.05) is 0 Å². The van der Waals surface area contributed by atoms with Crippen LogP contribution in [0.15, 0.2) is 11.3 Å². The van der Waals surface area contributed by atoms with Crippen LogP contribution >= 0.6 is 0 Å². The summed E-state index contributed by atoms with van der Waals surface area (Å²) >= 11 is 0. The highest BCUT2D eigenvalue weighted by Gasteiger charge is 2.06. The Bertz CT molecular complexity index is 114. The highest BCUT2D eigenvalue weighted by atomic mass is 28.3. The van der Waals surface area contributed by atoms with Gasteiger partial charge in [-0.15, -0.1) is 0 Å². The topological polar surface area (TPSA) is 0 Å². The first-order valence-electron chi connectivity index (χ1n) is 3.99. The Labute approximate surface area is 59.6 Å². The summed E-state index contributed by atoms with van der Waals surface area (Å²) in [5, 5.41) is 1.82. The second-order valence-corrected chi connectivity index (χ2v) is 6.23. The van der Waals surface area contributed by atoms with Gasteiger partial charge in [-0.3, -0.25) is 0 Å². The van der Waals surface area contributed by atoms with Gasteiger partial charge in [-0.05, 0) is 25.7 Å². The monoisotopic (exact) mass is 140 g/mol. The molecule has 52 valence electrons. The van der Waals surface area contributed by atoms with E-state index in [1.165, 1.54) is 25.7 Å². The molecule has 0 aromatic rings. The molecule has 0 amide bonds. The Balaban J connectivity index is 2.46. The summed E-state index contributed by atoms with van der Waals surface area (Å²) in [5.74, 6) is 0. The first-order chi connectivity index (χ1) is 4.30. The normalized spacial score (nSPS) is 20.1. The lowest BCUT2D eigenvalue weighted by Crippen LogP contribution is -2.08. The van der Waals surface area contributed by atoms with Crippen LogP contribution < -0.4 is 0 Å². The zero-order chi connectivity index (χ0) is 6.69. The maximum absolute atomic E-state index is 2.49. The van der Waals surface area contributed by atoms with E-state index < -0.39 is 8.80 Å². The molecule has 0 heterocycles. The molecule has 0 N–H and O–H groups in total. The Morgan fingerprint density at radius 2 is 2.11 bits per heavy atom. The van der Waals surface area contributed by atoms with Gasteiger partial charge in [-0.1, -0.05) is 24.4 Å². The fraction of sp³-hybridized carbons (Fsp3) is 0.750. The molecule has 0 fully saturated rings. The summed E-state index contributed by atoms with van der Waals surface area (Å²) in [5.41, 5.74) is 0. The van der Waals surface area contributed by atoms with Crippen LogP contribution in [0.3, 0.4) is 0 Å². The van der Waals surface area contributed by atoms with Crippen LogP contribution in [0.2, 0.25) is 13.1 Å². The third-order valence-electron chi connectivity index (χ3n) is 2.07. The average molecular weight is 140 g/mol. The van der Waals surface area contributed by atoms with Crippen molar-refractivity contribution in [3.63, 3.8) is 0 Å². The minimum atomic E-state index is -0.391. The molecular formula is C8H16Si. The number of allylic oxidation sites excluding steroid dienone is 2. The number of rotatable bonds is 1. The molecule has 1 rings (SSSR count). The smallest absolute Gasteiger partial charge is 0.0591 e. The fourth-order valence-corrected chi connectivity index (χ4v) is 2.81. The molecule has 0 spiro atoms. The van der Waals surface area contributed by atoms with Crippen LogP contribution in [0.1, 0.15) is 25.7 Å². The van der Waals surface area contributed by atoms with Gasteiger partial charge in [-0.2, -0.15) is 0 Å². The zero-order valence-corrected chi connectivity index (χ0v) is 7.64. The zero-order valence-electron chi connectivity index (χ0n) is 6.48. The van der Waals surface area contributed by atoms with Gasteiger partial charge in [-0.25, -0.2) is 0 Å². The van der Waals surface area contributed by atoms with Crippen molar-refractivity contribution >= 4 is 8.80 Å². The standard InChI is InChI=1S/C8H16Si/c1-9(2)8-6-4-3-5-7-8/h6,9H,3-5,7H2,1-2H3. The number of hydrogen-bond acceptors (Lipinski definition) is 0. The van der Waals surface area contributed by atoms with E-state index in [4.69, 9.17) is 0 Å². The highest BCUT2D eigenvalue weighted by Crippen LogP contribution is 2.18. The summed E-state index contributed by atoms with van der Waals surface area (Å²) in [6.07, 6.45) is 8.16. The molecule has 0 aromatic carbocycles. The first kappa shape index (κ1) is 7.07. The molecule has 0 unspecified atom stereocenters. The first-order valence-corrected chi connectivity index (χ1v) is 6.88. The molecule has 0 aromatic heterocycles. The Hall–Kier alpha value is -0.0431. The summed E-state index contributed by atoms with van der Waals surface area (Å²) in [7, 11) is -0.391. The van der Waals surface area contributed by atoms with E-state index in [2.05, 4.69) is 19.2 Å². The summed E-state index contributed by atoms with van der Waals surface area (Å²) < 4.78 is 0. The molecule has 0 bridgehead atoms. The van der Waals surface area contributed by atoms with Gasteiger partial charge in [0.15, 0.2) is 0 Å². The molecule has 0 aliphatic heterocycles. The van der Waals surface area contributed by atoms with Crippen molar-refractivity contribution in [3.05, 3.63) is 11.3 Å². The maximum atomic E-state index is 2.49. The van der Waals surface area contributed by atoms with Crippen LogP contribution in [-0.4, -0.2) is 8.80 Å². The Kier molecular flexibility index (Phi) is 2.52. The Morgan fingerprint density at radius 1 is 1.33 bits per heavy atom. The predicted octanol–water partition coefficient (Wildman–Crippen LogP) is 2.51. The van der Waals surface area contributed by atoms with Crippen molar-refractivity contribution in [2.24, 2.45) is 0 Å². The van der Waals surface area contributed by atoms with E-state index in [-0.39, 0.29) is 0 Å². The maximum Gasteiger partial charge on any atom is 0.0591 e. The second kappa shape index (κ2) is 3.21.